The van der Waals surface area contributed by atoms with E-state index in [0.29, 0.717) is 5.92 Å². The summed E-state index contributed by atoms with van der Waals surface area (Å²) in [6.07, 6.45) is 3.25. The van der Waals surface area contributed by atoms with E-state index in [9.17, 15) is 9.18 Å². The first-order valence-electron chi connectivity index (χ1n) is 5.65. The molecule has 16 heavy (non-hydrogen) atoms. The number of aliphatic carboxylic acids is 1. The minimum Gasteiger partial charge on any atom is -0.481 e. The normalized spacial score (nSPS) is 25.3. The van der Waals surface area contributed by atoms with Crippen LogP contribution < -0.4 is 0 Å². The van der Waals surface area contributed by atoms with E-state index >= 15 is 0 Å². The van der Waals surface area contributed by atoms with E-state index in [1.54, 1.807) is 12.1 Å². The second-order valence-corrected chi connectivity index (χ2v) is 4.44. The summed E-state index contributed by atoms with van der Waals surface area (Å²) in [5.41, 5.74) is 1.13. The fourth-order valence-corrected chi connectivity index (χ4v) is 2.41. The molecule has 1 aromatic carbocycles. The molecule has 1 fully saturated rings. The van der Waals surface area contributed by atoms with Gasteiger partial charge in [-0.25, -0.2) is 4.39 Å². The van der Waals surface area contributed by atoms with Crippen LogP contribution in [-0.2, 0) is 4.79 Å². The highest BCUT2D eigenvalue weighted by atomic mass is 19.1. The van der Waals surface area contributed by atoms with Gasteiger partial charge in [-0.3, -0.25) is 4.79 Å². The Morgan fingerprint density at radius 1 is 1.12 bits per heavy atom. The monoisotopic (exact) mass is 222 g/mol. The van der Waals surface area contributed by atoms with Crippen LogP contribution in [0.5, 0.6) is 0 Å². The van der Waals surface area contributed by atoms with Crippen LogP contribution in [0.1, 0.15) is 37.2 Å². The minimum atomic E-state index is -0.683. The maximum Gasteiger partial charge on any atom is 0.306 e. The minimum absolute atomic E-state index is 0.184. The molecular formula is C13H15FO2. The lowest BCUT2D eigenvalue weighted by molar-refractivity contribution is -0.142. The smallest absolute Gasteiger partial charge is 0.306 e. The topological polar surface area (TPSA) is 37.3 Å². The fourth-order valence-electron chi connectivity index (χ4n) is 2.41. The molecule has 0 heterocycles. The second kappa shape index (κ2) is 4.64. The quantitative estimate of drug-likeness (QED) is 0.834. The molecule has 1 aliphatic carbocycles. The molecule has 0 aliphatic heterocycles. The molecule has 0 spiro atoms. The van der Waals surface area contributed by atoms with Crippen molar-refractivity contribution < 1.29 is 14.3 Å². The Labute approximate surface area is 94.1 Å². The zero-order valence-electron chi connectivity index (χ0n) is 9.03. The van der Waals surface area contributed by atoms with Gasteiger partial charge in [0, 0.05) is 0 Å². The van der Waals surface area contributed by atoms with Crippen LogP contribution in [0.15, 0.2) is 24.3 Å². The Morgan fingerprint density at radius 2 is 1.69 bits per heavy atom. The molecule has 3 heteroatoms. The van der Waals surface area contributed by atoms with Crippen molar-refractivity contribution in [3.05, 3.63) is 35.6 Å². The van der Waals surface area contributed by atoms with Crippen molar-refractivity contribution in [2.45, 2.75) is 31.6 Å². The molecule has 0 aromatic heterocycles. The molecule has 0 bridgehead atoms. The zero-order chi connectivity index (χ0) is 11.5. The van der Waals surface area contributed by atoms with Crippen LogP contribution in [-0.4, -0.2) is 11.1 Å². The Kier molecular flexibility index (Phi) is 3.22. The number of carbonyl (C=O) groups is 1. The summed E-state index contributed by atoms with van der Waals surface area (Å²) >= 11 is 0. The third-order valence-electron chi connectivity index (χ3n) is 3.42. The van der Waals surface area contributed by atoms with Crippen molar-refractivity contribution in [3.8, 4) is 0 Å². The van der Waals surface area contributed by atoms with Gasteiger partial charge in [-0.2, -0.15) is 0 Å². The van der Waals surface area contributed by atoms with Crippen LogP contribution in [0.25, 0.3) is 0 Å². The summed E-state index contributed by atoms with van der Waals surface area (Å²) in [6, 6.07) is 6.55. The average Bonchev–Trinajstić information content (AvgIpc) is 2.30. The molecule has 86 valence electrons. The molecule has 0 saturated heterocycles. The van der Waals surface area contributed by atoms with E-state index in [-0.39, 0.29) is 11.7 Å². The summed E-state index contributed by atoms with van der Waals surface area (Å²) in [6.45, 7) is 0. The highest BCUT2D eigenvalue weighted by Crippen LogP contribution is 2.35. The van der Waals surface area contributed by atoms with Crippen molar-refractivity contribution >= 4 is 5.97 Å². The number of hydrogen-bond donors (Lipinski definition) is 1. The Hall–Kier alpha value is -1.38. The molecule has 0 radical (unpaired) electrons. The van der Waals surface area contributed by atoms with E-state index < -0.39 is 5.97 Å². The van der Waals surface area contributed by atoms with Crippen LogP contribution in [0.2, 0.25) is 0 Å². The third kappa shape index (κ3) is 2.40. The fraction of sp³-hybridized carbons (Fsp3) is 0.462. The van der Waals surface area contributed by atoms with Crippen LogP contribution in [0.4, 0.5) is 4.39 Å². The number of halogens is 1. The number of carboxylic acid groups (broad SMARTS) is 1. The largest absolute Gasteiger partial charge is 0.481 e. The molecule has 0 unspecified atom stereocenters. The molecule has 1 aliphatic rings. The van der Waals surface area contributed by atoms with E-state index in [2.05, 4.69) is 0 Å². The summed E-state index contributed by atoms with van der Waals surface area (Å²) in [5.74, 6) is -0.687. The van der Waals surface area contributed by atoms with Gasteiger partial charge in [0.25, 0.3) is 0 Å². The molecular weight excluding hydrogens is 207 g/mol. The lowest BCUT2D eigenvalue weighted by Crippen LogP contribution is -2.20. The zero-order valence-corrected chi connectivity index (χ0v) is 9.03. The molecule has 1 aromatic rings. The van der Waals surface area contributed by atoms with Crippen molar-refractivity contribution in [2.24, 2.45) is 5.92 Å². The average molecular weight is 222 g/mol. The van der Waals surface area contributed by atoms with Gasteiger partial charge in [-0.1, -0.05) is 12.1 Å². The summed E-state index contributed by atoms with van der Waals surface area (Å²) < 4.78 is 12.7. The van der Waals surface area contributed by atoms with Gasteiger partial charge in [0.15, 0.2) is 0 Å². The molecule has 2 nitrogen and oxygen atoms in total. The predicted molar refractivity (Wildman–Crippen MR) is 58.7 cm³/mol. The maximum atomic E-state index is 12.7. The standard InChI is InChI=1S/C13H15FO2/c14-12-7-5-10(6-8-12)9-1-3-11(4-2-9)13(15)16/h5-9,11H,1-4H2,(H,15,16). The lowest BCUT2D eigenvalue weighted by atomic mass is 9.79. The van der Waals surface area contributed by atoms with Gasteiger partial charge in [-0.05, 0) is 49.3 Å². The van der Waals surface area contributed by atoms with Gasteiger partial charge < -0.3 is 5.11 Å². The first kappa shape index (κ1) is 11.1. The summed E-state index contributed by atoms with van der Waals surface area (Å²) in [4.78, 5) is 10.8. The van der Waals surface area contributed by atoms with Crippen LogP contribution in [0, 0.1) is 11.7 Å². The predicted octanol–water partition coefficient (Wildman–Crippen LogP) is 3.18. The van der Waals surface area contributed by atoms with Crippen LogP contribution >= 0.6 is 0 Å². The first-order chi connectivity index (χ1) is 7.66. The third-order valence-corrected chi connectivity index (χ3v) is 3.42. The number of carboxylic acids is 1. The van der Waals surface area contributed by atoms with Crippen LogP contribution in [0.3, 0.4) is 0 Å². The van der Waals surface area contributed by atoms with Crippen molar-refractivity contribution in [1.29, 1.82) is 0 Å². The van der Waals surface area contributed by atoms with Gasteiger partial charge >= 0.3 is 5.97 Å². The number of hydrogen-bond acceptors (Lipinski definition) is 1. The molecule has 1 saturated carbocycles. The lowest BCUT2D eigenvalue weighted by Gasteiger charge is -2.26. The number of benzene rings is 1. The van der Waals surface area contributed by atoms with E-state index in [1.807, 2.05) is 0 Å². The van der Waals surface area contributed by atoms with E-state index in [1.165, 1.54) is 12.1 Å². The van der Waals surface area contributed by atoms with Gasteiger partial charge in [0.1, 0.15) is 5.82 Å². The van der Waals surface area contributed by atoms with Crippen molar-refractivity contribution in [1.82, 2.24) is 0 Å². The van der Waals surface area contributed by atoms with Gasteiger partial charge in [0.2, 0.25) is 0 Å². The highest BCUT2D eigenvalue weighted by molar-refractivity contribution is 5.70. The van der Waals surface area contributed by atoms with Gasteiger partial charge in [-0.15, -0.1) is 0 Å². The van der Waals surface area contributed by atoms with Crippen molar-refractivity contribution in [3.63, 3.8) is 0 Å². The summed E-state index contributed by atoms with van der Waals surface area (Å²) in [7, 11) is 0. The summed E-state index contributed by atoms with van der Waals surface area (Å²) in [5, 5.41) is 8.88. The SMILES string of the molecule is O=C(O)C1CCC(c2ccc(F)cc2)CC1. The van der Waals surface area contributed by atoms with Gasteiger partial charge in [0.05, 0.1) is 5.92 Å². The molecule has 1 N–H and O–H groups in total. The Bertz CT molecular complexity index is 364. The van der Waals surface area contributed by atoms with Crippen molar-refractivity contribution in [2.75, 3.05) is 0 Å². The Morgan fingerprint density at radius 3 is 2.19 bits per heavy atom. The first-order valence-corrected chi connectivity index (χ1v) is 5.65. The number of rotatable bonds is 2. The molecule has 0 atom stereocenters. The molecule has 2 rings (SSSR count). The van der Waals surface area contributed by atoms with E-state index in [0.717, 1.165) is 31.2 Å². The second-order valence-electron chi connectivity index (χ2n) is 4.44. The highest BCUT2D eigenvalue weighted by Gasteiger charge is 2.26. The Balaban J connectivity index is 1.99. The van der Waals surface area contributed by atoms with E-state index in [4.69, 9.17) is 5.11 Å². The maximum absolute atomic E-state index is 12.7. The molecule has 0 amide bonds.